The van der Waals surface area contributed by atoms with Crippen LogP contribution in [0, 0.1) is 0 Å². The number of alkyl halides is 3. The second kappa shape index (κ2) is 8.38. The summed E-state index contributed by atoms with van der Waals surface area (Å²) in [4.78, 5) is 49.8. The highest BCUT2D eigenvalue weighted by Gasteiger charge is 2.41. The zero-order chi connectivity index (χ0) is 22.9. The molecule has 0 radical (unpaired) electrons. The number of hydrogen-bond acceptors (Lipinski definition) is 5. The molecule has 0 aliphatic carbocycles. The van der Waals surface area contributed by atoms with Gasteiger partial charge in [0.15, 0.2) is 6.61 Å². The van der Waals surface area contributed by atoms with Gasteiger partial charge in [0.25, 0.3) is 17.7 Å². The van der Waals surface area contributed by atoms with Crippen LogP contribution in [-0.4, -0.2) is 41.2 Å². The molecule has 1 heterocycles. The second-order valence-corrected chi connectivity index (χ2v) is 6.96. The first-order chi connectivity index (χ1) is 14.5. The molecule has 162 valence electrons. The molecule has 0 bridgehead atoms. The SMILES string of the molecule is CC(C(=O)OCC(=O)Nc1cc(C(F)(F)F)ccc1Cl)N1C(=O)c2ccccc2C1=O. The number of amides is 3. The molecule has 7 nitrogen and oxygen atoms in total. The maximum atomic E-state index is 12.8. The average molecular weight is 455 g/mol. The van der Waals surface area contributed by atoms with Crippen molar-refractivity contribution in [1.29, 1.82) is 0 Å². The maximum absolute atomic E-state index is 12.8. The Kier molecular flexibility index (Phi) is 6.03. The van der Waals surface area contributed by atoms with Crippen molar-refractivity contribution < 1.29 is 37.1 Å². The summed E-state index contributed by atoms with van der Waals surface area (Å²) >= 11 is 5.79. The molecule has 11 heteroatoms. The smallest absolute Gasteiger partial charge is 0.416 e. The number of esters is 1. The highest BCUT2D eigenvalue weighted by molar-refractivity contribution is 6.33. The monoisotopic (exact) mass is 454 g/mol. The Labute approximate surface area is 178 Å². The molecule has 1 N–H and O–H groups in total. The van der Waals surface area contributed by atoms with Gasteiger partial charge in [0.2, 0.25) is 0 Å². The Balaban J connectivity index is 1.62. The van der Waals surface area contributed by atoms with Crippen LogP contribution in [0.25, 0.3) is 0 Å². The number of rotatable bonds is 5. The zero-order valence-corrected chi connectivity index (χ0v) is 16.6. The van der Waals surface area contributed by atoms with Gasteiger partial charge < -0.3 is 10.1 Å². The molecule has 0 saturated carbocycles. The van der Waals surface area contributed by atoms with E-state index in [2.05, 4.69) is 5.32 Å². The summed E-state index contributed by atoms with van der Waals surface area (Å²) in [7, 11) is 0. The fraction of sp³-hybridized carbons (Fsp3) is 0.200. The van der Waals surface area contributed by atoms with Gasteiger partial charge in [-0.1, -0.05) is 23.7 Å². The summed E-state index contributed by atoms with van der Waals surface area (Å²) in [6.45, 7) is 0.393. The first-order valence-corrected chi connectivity index (χ1v) is 9.18. The lowest BCUT2D eigenvalue weighted by atomic mass is 10.1. The van der Waals surface area contributed by atoms with E-state index in [0.717, 1.165) is 12.1 Å². The summed E-state index contributed by atoms with van der Waals surface area (Å²) < 4.78 is 43.2. The maximum Gasteiger partial charge on any atom is 0.416 e. The third-order valence-corrected chi connectivity index (χ3v) is 4.80. The number of fused-ring (bicyclic) bond motifs is 1. The van der Waals surface area contributed by atoms with Gasteiger partial charge in [-0.3, -0.25) is 19.3 Å². The van der Waals surface area contributed by atoms with Crippen molar-refractivity contribution in [2.24, 2.45) is 0 Å². The van der Waals surface area contributed by atoms with Gasteiger partial charge in [0.05, 0.1) is 27.4 Å². The van der Waals surface area contributed by atoms with Gasteiger partial charge in [-0.15, -0.1) is 0 Å². The van der Waals surface area contributed by atoms with E-state index in [-0.39, 0.29) is 21.8 Å². The fourth-order valence-corrected chi connectivity index (χ4v) is 3.07. The molecule has 1 aliphatic rings. The topological polar surface area (TPSA) is 92.8 Å². The second-order valence-electron chi connectivity index (χ2n) is 6.55. The first kappa shape index (κ1) is 22.3. The summed E-state index contributed by atoms with van der Waals surface area (Å²) in [5.74, 6) is -3.35. The van der Waals surface area contributed by atoms with E-state index in [4.69, 9.17) is 16.3 Å². The number of carbonyl (C=O) groups excluding carboxylic acids is 4. The van der Waals surface area contributed by atoms with E-state index in [9.17, 15) is 32.3 Å². The van der Waals surface area contributed by atoms with E-state index in [1.165, 1.54) is 19.1 Å². The van der Waals surface area contributed by atoms with Gasteiger partial charge in [0.1, 0.15) is 6.04 Å². The van der Waals surface area contributed by atoms with Crippen molar-refractivity contribution in [3.63, 3.8) is 0 Å². The van der Waals surface area contributed by atoms with Crippen LogP contribution in [-0.2, 0) is 20.5 Å². The molecular formula is C20H14ClF3N2O5. The van der Waals surface area contributed by atoms with Gasteiger partial charge in [-0.05, 0) is 37.3 Å². The van der Waals surface area contributed by atoms with E-state index in [1.54, 1.807) is 12.1 Å². The summed E-state index contributed by atoms with van der Waals surface area (Å²) in [6, 6.07) is 7.07. The molecule has 0 fully saturated rings. The van der Waals surface area contributed by atoms with Gasteiger partial charge >= 0.3 is 12.1 Å². The Morgan fingerprint density at radius 1 is 1.10 bits per heavy atom. The number of imide groups is 1. The van der Waals surface area contributed by atoms with Gasteiger partial charge in [-0.2, -0.15) is 13.2 Å². The average Bonchev–Trinajstić information content (AvgIpc) is 2.97. The lowest BCUT2D eigenvalue weighted by Crippen LogP contribution is -2.44. The fourth-order valence-electron chi connectivity index (χ4n) is 2.91. The van der Waals surface area contributed by atoms with Crippen LogP contribution in [0.4, 0.5) is 18.9 Å². The third kappa shape index (κ3) is 4.53. The van der Waals surface area contributed by atoms with Crippen LogP contribution in [0.5, 0.6) is 0 Å². The molecule has 0 aromatic heterocycles. The summed E-state index contributed by atoms with van der Waals surface area (Å²) in [5, 5.41) is 1.98. The van der Waals surface area contributed by atoms with Crippen molar-refractivity contribution in [2.45, 2.75) is 19.1 Å². The van der Waals surface area contributed by atoms with Gasteiger partial charge in [0, 0.05) is 0 Å². The zero-order valence-electron chi connectivity index (χ0n) is 15.8. The number of hydrogen-bond donors (Lipinski definition) is 1. The Hall–Kier alpha value is -3.40. The van der Waals surface area contributed by atoms with Crippen LogP contribution < -0.4 is 5.32 Å². The largest absolute Gasteiger partial charge is 0.454 e. The Morgan fingerprint density at radius 3 is 2.23 bits per heavy atom. The lowest BCUT2D eigenvalue weighted by Gasteiger charge is -2.20. The van der Waals surface area contributed by atoms with Crippen LogP contribution in [0.1, 0.15) is 33.2 Å². The first-order valence-electron chi connectivity index (χ1n) is 8.81. The highest BCUT2D eigenvalue weighted by atomic mass is 35.5. The van der Waals surface area contributed by atoms with Crippen molar-refractivity contribution >= 4 is 41.0 Å². The van der Waals surface area contributed by atoms with Crippen LogP contribution in [0.2, 0.25) is 5.02 Å². The third-order valence-electron chi connectivity index (χ3n) is 4.47. The molecule has 0 saturated heterocycles. The number of anilines is 1. The lowest BCUT2D eigenvalue weighted by molar-refractivity contribution is -0.150. The highest BCUT2D eigenvalue weighted by Crippen LogP contribution is 2.33. The van der Waals surface area contributed by atoms with Crippen molar-refractivity contribution in [3.05, 3.63) is 64.2 Å². The Bertz CT molecular complexity index is 1050. The number of benzene rings is 2. The van der Waals surface area contributed by atoms with Gasteiger partial charge in [-0.25, -0.2) is 4.79 Å². The minimum Gasteiger partial charge on any atom is -0.454 e. The van der Waals surface area contributed by atoms with Crippen molar-refractivity contribution in [3.8, 4) is 0 Å². The van der Waals surface area contributed by atoms with Crippen molar-refractivity contribution in [2.75, 3.05) is 11.9 Å². The molecule has 1 atom stereocenters. The number of ether oxygens (including phenoxy) is 1. The predicted octanol–water partition coefficient (Wildman–Crippen LogP) is 3.53. The quantitative estimate of drug-likeness (QED) is 0.551. The number of nitrogens with zero attached hydrogens (tertiary/aromatic N) is 1. The number of halogens is 4. The molecule has 1 unspecified atom stereocenters. The molecule has 3 rings (SSSR count). The standard InChI is InChI=1S/C20H14ClF3N2O5/c1-10(26-17(28)12-4-2-3-5-13(12)18(26)29)19(30)31-9-16(27)25-15-8-11(20(22,23)24)6-7-14(15)21/h2-8,10H,9H2,1H3,(H,25,27). The molecule has 0 spiro atoms. The summed E-state index contributed by atoms with van der Waals surface area (Å²) in [5.41, 5.74) is -1.05. The molecule has 3 amide bonds. The Morgan fingerprint density at radius 2 is 1.68 bits per heavy atom. The molecule has 31 heavy (non-hydrogen) atoms. The summed E-state index contributed by atoms with van der Waals surface area (Å²) in [6.07, 6.45) is -4.64. The van der Waals surface area contributed by atoms with E-state index in [0.29, 0.717) is 11.0 Å². The van der Waals surface area contributed by atoms with E-state index in [1.807, 2.05) is 0 Å². The van der Waals surface area contributed by atoms with Crippen LogP contribution >= 0.6 is 11.6 Å². The molecule has 2 aromatic rings. The van der Waals surface area contributed by atoms with E-state index >= 15 is 0 Å². The molecule has 2 aromatic carbocycles. The van der Waals surface area contributed by atoms with Crippen molar-refractivity contribution in [1.82, 2.24) is 4.90 Å². The molecular weight excluding hydrogens is 441 g/mol. The minimum absolute atomic E-state index is 0.143. The normalized spacial score (nSPS) is 14.3. The predicted molar refractivity (Wildman–Crippen MR) is 102 cm³/mol. The number of nitrogens with one attached hydrogen (secondary N) is 1. The molecule has 1 aliphatic heterocycles. The van der Waals surface area contributed by atoms with E-state index < -0.39 is 48.1 Å². The number of carbonyl (C=O) groups is 4. The van der Waals surface area contributed by atoms with Crippen LogP contribution in [0.3, 0.4) is 0 Å². The van der Waals surface area contributed by atoms with Crippen LogP contribution in [0.15, 0.2) is 42.5 Å². The minimum atomic E-state index is -4.64.